The molecule has 2 rings (SSSR count). The van der Waals surface area contributed by atoms with Gasteiger partial charge in [0.15, 0.2) is 0 Å². The van der Waals surface area contributed by atoms with E-state index in [-0.39, 0.29) is 0 Å². The standard InChI is InChI=1S/C14H20N2S3/c1-9-7-16(8-10(2)19-9)11-5-4-6-12(18-3)13(11)14(15)17/h4-6,9-10H,7-8H2,1-3H3,(H2,15,17). The zero-order valence-corrected chi connectivity index (χ0v) is 14.0. The van der Waals surface area contributed by atoms with Crippen LogP contribution in [0.3, 0.4) is 0 Å². The van der Waals surface area contributed by atoms with E-state index in [1.54, 1.807) is 11.8 Å². The van der Waals surface area contributed by atoms with Crippen LogP contribution >= 0.6 is 35.7 Å². The molecule has 0 spiro atoms. The molecule has 1 aliphatic rings. The Morgan fingerprint density at radius 1 is 1.37 bits per heavy atom. The second-order valence-corrected chi connectivity index (χ2v) is 8.05. The zero-order chi connectivity index (χ0) is 14.0. The van der Waals surface area contributed by atoms with Crippen molar-refractivity contribution in [3.8, 4) is 0 Å². The van der Waals surface area contributed by atoms with Gasteiger partial charge in [0.25, 0.3) is 0 Å². The maximum Gasteiger partial charge on any atom is 0.107 e. The number of rotatable bonds is 3. The van der Waals surface area contributed by atoms with Crippen LogP contribution in [0.5, 0.6) is 0 Å². The second kappa shape index (κ2) is 6.37. The zero-order valence-electron chi connectivity index (χ0n) is 11.6. The average molecular weight is 313 g/mol. The molecule has 2 unspecified atom stereocenters. The fraction of sp³-hybridized carbons (Fsp3) is 0.500. The highest BCUT2D eigenvalue weighted by Gasteiger charge is 2.25. The van der Waals surface area contributed by atoms with Crippen LogP contribution in [0, 0.1) is 0 Å². The lowest BCUT2D eigenvalue weighted by Crippen LogP contribution is -2.41. The van der Waals surface area contributed by atoms with Crippen molar-refractivity contribution >= 4 is 46.4 Å². The molecule has 0 aliphatic carbocycles. The van der Waals surface area contributed by atoms with E-state index in [1.807, 2.05) is 0 Å². The van der Waals surface area contributed by atoms with Gasteiger partial charge < -0.3 is 10.6 Å². The van der Waals surface area contributed by atoms with Gasteiger partial charge in [-0.25, -0.2) is 0 Å². The first-order chi connectivity index (χ1) is 9.02. The molecule has 1 fully saturated rings. The first kappa shape index (κ1) is 15.0. The summed E-state index contributed by atoms with van der Waals surface area (Å²) in [6.07, 6.45) is 2.07. The lowest BCUT2D eigenvalue weighted by molar-refractivity contribution is 0.727. The Morgan fingerprint density at radius 2 is 2.00 bits per heavy atom. The van der Waals surface area contributed by atoms with Crippen LogP contribution in [0.15, 0.2) is 23.1 Å². The van der Waals surface area contributed by atoms with E-state index >= 15 is 0 Å². The van der Waals surface area contributed by atoms with E-state index in [2.05, 4.69) is 55.0 Å². The molecule has 0 bridgehead atoms. The highest BCUT2D eigenvalue weighted by molar-refractivity contribution is 8.00. The average Bonchev–Trinajstić information content (AvgIpc) is 2.36. The molecule has 1 heterocycles. The lowest BCUT2D eigenvalue weighted by Gasteiger charge is -2.37. The van der Waals surface area contributed by atoms with Gasteiger partial charge in [0, 0.05) is 39.7 Å². The Labute approximate surface area is 129 Å². The van der Waals surface area contributed by atoms with Gasteiger partial charge in [-0.3, -0.25) is 0 Å². The smallest absolute Gasteiger partial charge is 0.107 e. The summed E-state index contributed by atoms with van der Waals surface area (Å²) in [6.45, 7) is 6.68. The summed E-state index contributed by atoms with van der Waals surface area (Å²) in [5.41, 5.74) is 8.18. The molecule has 1 aliphatic heterocycles. The normalized spacial score (nSPS) is 23.4. The van der Waals surface area contributed by atoms with Crippen molar-refractivity contribution in [3.63, 3.8) is 0 Å². The third-order valence-electron chi connectivity index (χ3n) is 3.23. The Balaban J connectivity index is 2.41. The summed E-state index contributed by atoms with van der Waals surface area (Å²) in [7, 11) is 0. The van der Waals surface area contributed by atoms with E-state index in [0.29, 0.717) is 15.5 Å². The number of nitrogens with zero attached hydrogens (tertiary/aromatic N) is 1. The topological polar surface area (TPSA) is 29.3 Å². The molecule has 1 saturated heterocycles. The molecule has 5 heteroatoms. The largest absolute Gasteiger partial charge is 0.389 e. The molecule has 0 aromatic heterocycles. The van der Waals surface area contributed by atoms with Gasteiger partial charge in [-0.15, -0.1) is 11.8 Å². The van der Waals surface area contributed by atoms with Crippen LogP contribution < -0.4 is 10.6 Å². The van der Waals surface area contributed by atoms with Gasteiger partial charge in [0.1, 0.15) is 4.99 Å². The molecule has 0 saturated carbocycles. The van der Waals surface area contributed by atoms with Crippen molar-refractivity contribution in [1.82, 2.24) is 0 Å². The van der Waals surface area contributed by atoms with Gasteiger partial charge in [0.2, 0.25) is 0 Å². The number of hydrogen-bond acceptors (Lipinski definition) is 4. The third kappa shape index (κ3) is 3.38. The summed E-state index contributed by atoms with van der Waals surface area (Å²) in [4.78, 5) is 4.10. The number of hydrogen-bond donors (Lipinski definition) is 1. The van der Waals surface area contributed by atoms with Gasteiger partial charge in [0.05, 0.1) is 0 Å². The molecule has 2 atom stereocenters. The predicted molar refractivity (Wildman–Crippen MR) is 92.8 cm³/mol. The van der Waals surface area contributed by atoms with Gasteiger partial charge in [-0.2, -0.15) is 11.8 Å². The van der Waals surface area contributed by atoms with Crippen molar-refractivity contribution in [2.45, 2.75) is 29.2 Å². The SMILES string of the molecule is CSc1cccc(N2CC(C)SC(C)C2)c1C(N)=S. The van der Waals surface area contributed by atoms with Crippen molar-refractivity contribution in [2.24, 2.45) is 5.73 Å². The molecule has 2 N–H and O–H groups in total. The van der Waals surface area contributed by atoms with Gasteiger partial charge in [-0.05, 0) is 18.4 Å². The van der Waals surface area contributed by atoms with Crippen molar-refractivity contribution in [2.75, 3.05) is 24.2 Å². The number of thiocarbonyl (C=S) groups is 1. The third-order valence-corrected chi connectivity index (χ3v) is 5.44. The minimum atomic E-state index is 0.499. The highest BCUT2D eigenvalue weighted by atomic mass is 32.2. The van der Waals surface area contributed by atoms with Crippen LogP contribution in [0.4, 0.5) is 5.69 Å². The molecule has 0 amide bonds. The van der Waals surface area contributed by atoms with E-state index in [4.69, 9.17) is 18.0 Å². The Morgan fingerprint density at radius 3 is 2.53 bits per heavy atom. The summed E-state index contributed by atoms with van der Waals surface area (Å²) < 4.78 is 0. The summed E-state index contributed by atoms with van der Waals surface area (Å²) in [5.74, 6) is 0. The minimum absolute atomic E-state index is 0.499. The molecule has 1 aromatic carbocycles. The van der Waals surface area contributed by atoms with Crippen LogP contribution in [-0.2, 0) is 0 Å². The molecular weight excluding hydrogens is 292 g/mol. The molecule has 19 heavy (non-hydrogen) atoms. The van der Waals surface area contributed by atoms with Crippen molar-refractivity contribution < 1.29 is 0 Å². The fourth-order valence-electron chi connectivity index (χ4n) is 2.58. The molecule has 1 aromatic rings. The number of nitrogens with two attached hydrogens (primary N) is 1. The summed E-state index contributed by atoms with van der Waals surface area (Å²) >= 11 is 9.02. The first-order valence-electron chi connectivity index (χ1n) is 6.40. The maximum absolute atomic E-state index is 5.95. The number of anilines is 1. The lowest BCUT2D eigenvalue weighted by atomic mass is 10.1. The Kier molecular flexibility index (Phi) is 5.03. The quantitative estimate of drug-likeness (QED) is 0.683. The first-order valence-corrected chi connectivity index (χ1v) is 8.97. The van der Waals surface area contributed by atoms with E-state index < -0.39 is 0 Å². The highest BCUT2D eigenvalue weighted by Crippen LogP contribution is 2.34. The van der Waals surface area contributed by atoms with Crippen molar-refractivity contribution in [3.05, 3.63) is 23.8 Å². The number of benzene rings is 1. The van der Waals surface area contributed by atoms with E-state index in [9.17, 15) is 0 Å². The maximum atomic E-state index is 5.95. The Bertz CT molecular complexity index is 466. The monoisotopic (exact) mass is 312 g/mol. The van der Waals surface area contributed by atoms with Gasteiger partial charge >= 0.3 is 0 Å². The second-order valence-electron chi connectivity index (χ2n) is 4.88. The van der Waals surface area contributed by atoms with Crippen molar-refractivity contribution in [1.29, 1.82) is 0 Å². The molecule has 0 radical (unpaired) electrons. The fourth-order valence-corrected chi connectivity index (χ4v) is 4.81. The molecule has 2 nitrogen and oxygen atoms in total. The minimum Gasteiger partial charge on any atom is -0.389 e. The van der Waals surface area contributed by atoms with Crippen LogP contribution in [0.25, 0.3) is 0 Å². The Hall–Kier alpha value is -0.390. The van der Waals surface area contributed by atoms with Gasteiger partial charge in [-0.1, -0.05) is 32.1 Å². The summed E-state index contributed by atoms with van der Waals surface area (Å²) in [6, 6.07) is 6.33. The van der Waals surface area contributed by atoms with E-state index in [1.165, 1.54) is 10.6 Å². The molecular formula is C14H20N2S3. The predicted octanol–water partition coefficient (Wildman–Crippen LogP) is 3.37. The van der Waals surface area contributed by atoms with Crippen LogP contribution in [0.2, 0.25) is 0 Å². The van der Waals surface area contributed by atoms with E-state index in [0.717, 1.165) is 18.7 Å². The summed E-state index contributed by atoms with van der Waals surface area (Å²) in [5, 5.41) is 1.28. The molecule has 104 valence electrons. The number of thioether (sulfide) groups is 2. The van der Waals surface area contributed by atoms with Crippen LogP contribution in [0.1, 0.15) is 19.4 Å². The van der Waals surface area contributed by atoms with Crippen LogP contribution in [-0.4, -0.2) is 34.8 Å².